The number of ether oxygens (including phenoxy) is 1. The third kappa shape index (κ3) is 1.92. The van der Waals surface area contributed by atoms with E-state index in [4.69, 9.17) is 4.74 Å². The summed E-state index contributed by atoms with van der Waals surface area (Å²) >= 11 is 0. The molecule has 0 radical (unpaired) electrons. The summed E-state index contributed by atoms with van der Waals surface area (Å²) in [7, 11) is 1.79. The Hall–Kier alpha value is -0.820. The summed E-state index contributed by atoms with van der Waals surface area (Å²) in [6, 6.07) is 8.76. The topological polar surface area (TPSA) is 9.23 Å². The summed E-state index contributed by atoms with van der Waals surface area (Å²) in [6.07, 6.45) is 3.71. The van der Waals surface area contributed by atoms with Crippen LogP contribution < -0.4 is 0 Å². The van der Waals surface area contributed by atoms with E-state index in [1.54, 1.807) is 7.11 Å². The van der Waals surface area contributed by atoms with Crippen molar-refractivity contribution in [2.24, 2.45) is 5.92 Å². The van der Waals surface area contributed by atoms with Crippen LogP contribution in [0.25, 0.3) is 0 Å². The Kier molecular flexibility index (Phi) is 2.65. The maximum atomic E-state index is 5.20. The van der Waals surface area contributed by atoms with Gasteiger partial charge in [-0.3, -0.25) is 0 Å². The molecule has 2 rings (SSSR count). The minimum atomic E-state index is 0.736. The van der Waals surface area contributed by atoms with Crippen molar-refractivity contribution in [1.29, 1.82) is 0 Å². The van der Waals surface area contributed by atoms with Crippen molar-refractivity contribution < 1.29 is 4.74 Å². The fourth-order valence-electron chi connectivity index (χ4n) is 2.15. The Bertz CT molecular complexity index is 280. The highest BCUT2D eigenvalue weighted by atomic mass is 16.5. The number of rotatable bonds is 2. The standard InChI is InChI=1S/C12H16O/c1-13-9-10-6-7-11-4-2-3-5-12(11)8-10/h2-5,10H,6-9H2,1H3/t10-/m0/s1. The molecule has 1 heteroatoms. The molecule has 1 aromatic rings. The third-order valence-corrected chi connectivity index (χ3v) is 2.85. The van der Waals surface area contributed by atoms with Gasteiger partial charge in [0.2, 0.25) is 0 Å². The van der Waals surface area contributed by atoms with E-state index < -0.39 is 0 Å². The zero-order valence-electron chi connectivity index (χ0n) is 8.12. The quantitative estimate of drug-likeness (QED) is 0.672. The van der Waals surface area contributed by atoms with Crippen molar-refractivity contribution in [3.05, 3.63) is 35.4 Å². The number of fused-ring (bicyclic) bond motifs is 1. The highest BCUT2D eigenvalue weighted by Gasteiger charge is 2.17. The lowest BCUT2D eigenvalue weighted by atomic mass is 9.84. The minimum Gasteiger partial charge on any atom is -0.384 e. The van der Waals surface area contributed by atoms with Crippen LogP contribution in [-0.4, -0.2) is 13.7 Å². The zero-order valence-corrected chi connectivity index (χ0v) is 8.12. The molecule has 1 nitrogen and oxygen atoms in total. The lowest BCUT2D eigenvalue weighted by Crippen LogP contribution is -2.18. The monoisotopic (exact) mass is 176 g/mol. The first-order valence-corrected chi connectivity index (χ1v) is 4.96. The maximum absolute atomic E-state index is 5.20. The van der Waals surface area contributed by atoms with Gasteiger partial charge in [0.05, 0.1) is 0 Å². The van der Waals surface area contributed by atoms with E-state index in [1.807, 2.05) is 0 Å². The van der Waals surface area contributed by atoms with Crippen LogP contribution in [0.2, 0.25) is 0 Å². The minimum absolute atomic E-state index is 0.736. The number of methoxy groups -OCH3 is 1. The second kappa shape index (κ2) is 3.93. The van der Waals surface area contributed by atoms with Crippen LogP contribution in [0.1, 0.15) is 17.5 Å². The summed E-state index contributed by atoms with van der Waals surface area (Å²) in [5.74, 6) is 0.736. The van der Waals surface area contributed by atoms with Gasteiger partial charge in [-0.2, -0.15) is 0 Å². The van der Waals surface area contributed by atoms with Crippen LogP contribution in [-0.2, 0) is 17.6 Å². The Labute approximate surface area is 79.7 Å². The molecule has 0 N–H and O–H groups in total. The smallest absolute Gasteiger partial charge is 0.0493 e. The van der Waals surface area contributed by atoms with E-state index in [1.165, 1.54) is 30.4 Å². The predicted octanol–water partition coefficient (Wildman–Crippen LogP) is 2.44. The lowest BCUT2D eigenvalue weighted by molar-refractivity contribution is 0.145. The third-order valence-electron chi connectivity index (χ3n) is 2.85. The summed E-state index contributed by atoms with van der Waals surface area (Å²) in [6.45, 7) is 0.911. The van der Waals surface area contributed by atoms with E-state index >= 15 is 0 Å². The normalized spacial score (nSPS) is 21.2. The van der Waals surface area contributed by atoms with Crippen molar-refractivity contribution in [1.82, 2.24) is 0 Å². The van der Waals surface area contributed by atoms with Crippen molar-refractivity contribution in [3.63, 3.8) is 0 Å². The SMILES string of the molecule is COC[C@H]1CCc2ccccc2C1. The number of hydrogen-bond donors (Lipinski definition) is 0. The number of benzene rings is 1. The van der Waals surface area contributed by atoms with Crippen LogP contribution in [0, 0.1) is 5.92 Å². The molecular weight excluding hydrogens is 160 g/mol. The first-order valence-electron chi connectivity index (χ1n) is 4.96. The second-order valence-corrected chi connectivity index (χ2v) is 3.83. The Morgan fingerprint density at radius 3 is 2.85 bits per heavy atom. The fraction of sp³-hybridized carbons (Fsp3) is 0.500. The van der Waals surface area contributed by atoms with Crippen molar-refractivity contribution in [3.8, 4) is 0 Å². The number of aryl methyl sites for hydroxylation is 1. The van der Waals surface area contributed by atoms with Crippen LogP contribution in [0.15, 0.2) is 24.3 Å². The van der Waals surface area contributed by atoms with E-state index in [-0.39, 0.29) is 0 Å². The van der Waals surface area contributed by atoms with Gasteiger partial charge < -0.3 is 4.74 Å². The highest BCUT2D eigenvalue weighted by molar-refractivity contribution is 5.29. The molecule has 0 amide bonds. The molecule has 1 aliphatic carbocycles. The van der Waals surface area contributed by atoms with E-state index in [0.29, 0.717) is 0 Å². The first-order chi connectivity index (χ1) is 6.40. The predicted molar refractivity (Wildman–Crippen MR) is 53.8 cm³/mol. The molecule has 0 bridgehead atoms. The van der Waals surface area contributed by atoms with Crippen molar-refractivity contribution >= 4 is 0 Å². The van der Waals surface area contributed by atoms with E-state index in [9.17, 15) is 0 Å². The molecule has 0 heterocycles. The molecule has 1 atom stereocenters. The van der Waals surface area contributed by atoms with Crippen LogP contribution in [0.5, 0.6) is 0 Å². The van der Waals surface area contributed by atoms with Gasteiger partial charge in [-0.1, -0.05) is 24.3 Å². The lowest BCUT2D eigenvalue weighted by Gasteiger charge is -2.23. The molecule has 0 saturated carbocycles. The van der Waals surface area contributed by atoms with Crippen LogP contribution >= 0.6 is 0 Å². The van der Waals surface area contributed by atoms with Gasteiger partial charge in [-0.05, 0) is 36.3 Å². The van der Waals surface area contributed by atoms with E-state index in [0.717, 1.165) is 12.5 Å². The maximum Gasteiger partial charge on any atom is 0.0493 e. The molecule has 0 unspecified atom stereocenters. The summed E-state index contributed by atoms with van der Waals surface area (Å²) in [5.41, 5.74) is 3.06. The van der Waals surface area contributed by atoms with Gasteiger partial charge in [-0.15, -0.1) is 0 Å². The summed E-state index contributed by atoms with van der Waals surface area (Å²) < 4.78 is 5.20. The molecule has 13 heavy (non-hydrogen) atoms. The van der Waals surface area contributed by atoms with Crippen LogP contribution in [0.4, 0.5) is 0 Å². The molecule has 1 aromatic carbocycles. The Balaban J connectivity index is 2.11. The summed E-state index contributed by atoms with van der Waals surface area (Å²) in [4.78, 5) is 0. The molecule has 0 spiro atoms. The number of hydrogen-bond acceptors (Lipinski definition) is 1. The molecular formula is C12H16O. The van der Waals surface area contributed by atoms with Gasteiger partial charge >= 0.3 is 0 Å². The molecule has 0 fully saturated rings. The van der Waals surface area contributed by atoms with Gasteiger partial charge in [0, 0.05) is 13.7 Å². The molecule has 0 aliphatic heterocycles. The van der Waals surface area contributed by atoms with E-state index in [2.05, 4.69) is 24.3 Å². The second-order valence-electron chi connectivity index (χ2n) is 3.83. The Morgan fingerprint density at radius 1 is 1.31 bits per heavy atom. The molecule has 0 saturated heterocycles. The van der Waals surface area contributed by atoms with Crippen LogP contribution in [0.3, 0.4) is 0 Å². The molecule has 70 valence electrons. The largest absolute Gasteiger partial charge is 0.384 e. The van der Waals surface area contributed by atoms with Gasteiger partial charge in [0.1, 0.15) is 0 Å². The van der Waals surface area contributed by atoms with Gasteiger partial charge in [0.25, 0.3) is 0 Å². The molecule has 1 aliphatic rings. The first kappa shape index (κ1) is 8.76. The van der Waals surface area contributed by atoms with Crippen molar-refractivity contribution in [2.45, 2.75) is 19.3 Å². The fourth-order valence-corrected chi connectivity index (χ4v) is 2.15. The average molecular weight is 176 g/mol. The summed E-state index contributed by atoms with van der Waals surface area (Å²) in [5, 5.41) is 0. The Morgan fingerprint density at radius 2 is 2.08 bits per heavy atom. The highest BCUT2D eigenvalue weighted by Crippen LogP contribution is 2.25. The average Bonchev–Trinajstić information content (AvgIpc) is 2.18. The van der Waals surface area contributed by atoms with Gasteiger partial charge in [-0.25, -0.2) is 0 Å². The van der Waals surface area contributed by atoms with Crippen molar-refractivity contribution in [2.75, 3.05) is 13.7 Å². The zero-order chi connectivity index (χ0) is 9.10. The molecule has 0 aromatic heterocycles. The van der Waals surface area contributed by atoms with Gasteiger partial charge in [0.15, 0.2) is 0 Å².